The van der Waals surface area contributed by atoms with Gasteiger partial charge in [-0.3, -0.25) is 9.59 Å². The fraction of sp³-hybridized carbons (Fsp3) is 0.857. The van der Waals surface area contributed by atoms with Gasteiger partial charge in [-0.15, -0.1) is 0 Å². The Kier molecular flexibility index (Phi) is 5.35. The van der Waals surface area contributed by atoms with E-state index in [0.717, 1.165) is 12.8 Å². The third-order valence-corrected chi connectivity index (χ3v) is 3.40. The molecule has 5 nitrogen and oxygen atoms in total. The molecule has 0 saturated carbocycles. The molecule has 3 N–H and O–H groups in total. The van der Waals surface area contributed by atoms with Crippen LogP contribution >= 0.6 is 0 Å². The van der Waals surface area contributed by atoms with Gasteiger partial charge in [0.15, 0.2) is 0 Å². The van der Waals surface area contributed by atoms with Gasteiger partial charge in [-0.2, -0.15) is 0 Å². The van der Waals surface area contributed by atoms with Gasteiger partial charge in [-0.25, -0.2) is 0 Å². The highest BCUT2D eigenvalue weighted by Gasteiger charge is 2.32. The molecule has 2 amide bonds. The van der Waals surface area contributed by atoms with Crippen molar-refractivity contribution in [3.05, 3.63) is 0 Å². The smallest absolute Gasteiger partial charge is 0.227 e. The summed E-state index contributed by atoms with van der Waals surface area (Å²) in [6, 6.07) is 0.0921. The monoisotopic (exact) mass is 269 g/mol. The zero-order chi connectivity index (χ0) is 14.6. The summed E-state index contributed by atoms with van der Waals surface area (Å²) in [6.45, 7) is 9.57. The van der Waals surface area contributed by atoms with Gasteiger partial charge in [0.1, 0.15) is 0 Å². The van der Waals surface area contributed by atoms with Crippen molar-refractivity contribution in [1.82, 2.24) is 10.2 Å². The van der Waals surface area contributed by atoms with E-state index in [1.807, 2.05) is 4.90 Å². The van der Waals surface area contributed by atoms with Crippen LogP contribution in [-0.4, -0.2) is 42.4 Å². The number of carbonyl (C=O) groups excluding carboxylic acids is 2. The molecule has 1 aliphatic heterocycles. The molecule has 0 aliphatic carbocycles. The van der Waals surface area contributed by atoms with Crippen LogP contribution in [0.1, 0.15) is 40.5 Å². The van der Waals surface area contributed by atoms with Crippen molar-refractivity contribution in [3.63, 3.8) is 0 Å². The molecule has 2 unspecified atom stereocenters. The van der Waals surface area contributed by atoms with Crippen LogP contribution in [0.15, 0.2) is 0 Å². The van der Waals surface area contributed by atoms with E-state index in [1.165, 1.54) is 6.92 Å². The molecule has 0 radical (unpaired) electrons. The van der Waals surface area contributed by atoms with E-state index < -0.39 is 0 Å². The highest BCUT2D eigenvalue weighted by molar-refractivity contribution is 5.80. The van der Waals surface area contributed by atoms with Crippen LogP contribution < -0.4 is 11.1 Å². The van der Waals surface area contributed by atoms with Crippen LogP contribution in [-0.2, 0) is 9.59 Å². The summed E-state index contributed by atoms with van der Waals surface area (Å²) in [5.41, 5.74) is 5.84. The maximum absolute atomic E-state index is 12.4. The molecule has 0 aromatic rings. The number of rotatable bonds is 4. The van der Waals surface area contributed by atoms with Crippen molar-refractivity contribution in [2.45, 2.75) is 46.6 Å². The Labute approximate surface area is 115 Å². The second-order valence-electron chi connectivity index (χ2n) is 6.67. The summed E-state index contributed by atoms with van der Waals surface area (Å²) in [4.78, 5) is 25.3. The number of likely N-dealkylation sites (tertiary alicyclic amines) is 1. The topological polar surface area (TPSA) is 75.4 Å². The van der Waals surface area contributed by atoms with Gasteiger partial charge in [0.05, 0.1) is 5.92 Å². The molecular weight excluding hydrogens is 242 g/mol. The van der Waals surface area contributed by atoms with Gasteiger partial charge in [0, 0.05) is 32.6 Å². The molecule has 0 bridgehead atoms. The lowest BCUT2D eigenvalue weighted by atomic mass is 9.84. The number of nitrogens with zero attached hydrogens (tertiary/aromatic N) is 1. The highest BCUT2D eigenvalue weighted by Crippen LogP contribution is 2.26. The van der Waals surface area contributed by atoms with E-state index in [-0.39, 0.29) is 29.2 Å². The van der Waals surface area contributed by atoms with Crippen molar-refractivity contribution in [1.29, 1.82) is 0 Å². The van der Waals surface area contributed by atoms with Crippen molar-refractivity contribution < 1.29 is 9.59 Å². The van der Waals surface area contributed by atoms with E-state index in [2.05, 4.69) is 26.1 Å². The number of hydrogen-bond donors (Lipinski definition) is 2. The predicted molar refractivity (Wildman–Crippen MR) is 75.4 cm³/mol. The first-order valence-electron chi connectivity index (χ1n) is 6.99. The Bertz CT molecular complexity index is 336. The van der Waals surface area contributed by atoms with Crippen molar-refractivity contribution >= 4 is 11.8 Å². The molecule has 1 aliphatic rings. The lowest BCUT2D eigenvalue weighted by molar-refractivity contribution is -0.135. The Morgan fingerprint density at radius 3 is 2.53 bits per heavy atom. The van der Waals surface area contributed by atoms with Crippen LogP contribution in [0.3, 0.4) is 0 Å². The SMILES string of the molecule is CC(=O)NC1CCN(C(=O)C(CN)CC(C)(C)C)C1. The number of nitrogens with one attached hydrogen (secondary N) is 1. The van der Waals surface area contributed by atoms with E-state index in [1.54, 1.807) is 0 Å². The van der Waals surface area contributed by atoms with Gasteiger partial charge >= 0.3 is 0 Å². The van der Waals surface area contributed by atoms with E-state index in [9.17, 15) is 9.59 Å². The second-order valence-corrected chi connectivity index (χ2v) is 6.67. The van der Waals surface area contributed by atoms with Crippen LogP contribution in [0.4, 0.5) is 0 Å². The molecule has 1 saturated heterocycles. The predicted octanol–water partition coefficient (Wildman–Crippen LogP) is 0.735. The van der Waals surface area contributed by atoms with Crippen LogP contribution in [0.2, 0.25) is 0 Å². The van der Waals surface area contributed by atoms with Crippen molar-refractivity contribution in [2.24, 2.45) is 17.1 Å². The maximum atomic E-state index is 12.4. The number of carbonyl (C=O) groups is 2. The largest absolute Gasteiger partial charge is 0.352 e. The molecule has 1 fully saturated rings. The van der Waals surface area contributed by atoms with Crippen LogP contribution in [0, 0.1) is 11.3 Å². The Morgan fingerprint density at radius 1 is 1.42 bits per heavy atom. The maximum Gasteiger partial charge on any atom is 0.227 e. The standard InChI is InChI=1S/C14H27N3O2/c1-10(18)16-12-5-6-17(9-12)13(19)11(8-15)7-14(2,3)4/h11-12H,5-9,15H2,1-4H3,(H,16,18). The first-order valence-corrected chi connectivity index (χ1v) is 6.99. The minimum absolute atomic E-state index is 0.0376. The van der Waals surface area contributed by atoms with E-state index in [0.29, 0.717) is 19.6 Å². The summed E-state index contributed by atoms with van der Waals surface area (Å²) < 4.78 is 0. The van der Waals surface area contributed by atoms with Crippen LogP contribution in [0.5, 0.6) is 0 Å². The normalized spacial score (nSPS) is 21.3. The highest BCUT2D eigenvalue weighted by atomic mass is 16.2. The summed E-state index contributed by atoms with van der Waals surface area (Å²) in [7, 11) is 0. The molecule has 0 aromatic carbocycles. The third kappa shape index (κ3) is 5.19. The molecule has 0 aromatic heterocycles. The molecular formula is C14H27N3O2. The summed E-state index contributed by atoms with van der Waals surface area (Å²) in [6.07, 6.45) is 1.63. The molecule has 1 rings (SSSR count). The fourth-order valence-corrected chi connectivity index (χ4v) is 2.63. The fourth-order valence-electron chi connectivity index (χ4n) is 2.63. The zero-order valence-electron chi connectivity index (χ0n) is 12.5. The molecule has 110 valence electrons. The molecule has 2 atom stereocenters. The average molecular weight is 269 g/mol. The zero-order valence-corrected chi connectivity index (χ0v) is 12.5. The van der Waals surface area contributed by atoms with Gasteiger partial charge in [0.2, 0.25) is 11.8 Å². The molecule has 0 spiro atoms. The first kappa shape index (κ1) is 16.0. The summed E-state index contributed by atoms with van der Waals surface area (Å²) >= 11 is 0. The summed E-state index contributed by atoms with van der Waals surface area (Å²) in [5.74, 6) is -0.0225. The number of amides is 2. The average Bonchev–Trinajstić information content (AvgIpc) is 2.71. The Morgan fingerprint density at radius 2 is 2.05 bits per heavy atom. The first-order chi connectivity index (χ1) is 8.73. The van der Waals surface area contributed by atoms with E-state index >= 15 is 0 Å². The number of hydrogen-bond acceptors (Lipinski definition) is 3. The summed E-state index contributed by atoms with van der Waals surface area (Å²) in [5, 5.41) is 2.87. The second kappa shape index (κ2) is 6.37. The third-order valence-electron chi connectivity index (χ3n) is 3.40. The number of nitrogens with two attached hydrogens (primary N) is 1. The minimum Gasteiger partial charge on any atom is -0.352 e. The molecule has 19 heavy (non-hydrogen) atoms. The quantitative estimate of drug-likeness (QED) is 0.790. The molecule has 5 heteroatoms. The minimum atomic E-state index is -0.115. The van der Waals surface area contributed by atoms with Gasteiger partial charge in [-0.05, 0) is 18.3 Å². The lowest BCUT2D eigenvalue weighted by Crippen LogP contribution is -2.42. The van der Waals surface area contributed by atoms with Crippen molar-refractivity contribution in [2.75, 3.05) is 19.6 Å². The van der Waals surface area contributed by atoms with Gasteiger partial charge in [-0.1, -0.05) is 20.8 Å². The Balaban J connectivity index is 2.55. The lowest BCUT2D eigenvalue weighted by Gasteiger charge is -2.28. The van der Waals surface area contributed by atoms with Crippen LogP contribution in [0.25, 0.3) is 0 Å². The van der Waals surface area contributed by atoms with Gasteiger partial charge < -0.3 is 16.0 Å². The Hall–Kier alpha value is -1.10. The van der Waals surface area contributed by atoms with Crippen molar-refractivity contribution in [3.8, 4) is 0 Å². The van der Waals surface area contributed by atoms with E-state index in [4.69, 9.17) is 5.73 Å². The van der Waals surface area contributed by atoms with Gasteiger partial charge in [0.25, 0.3) is 0 Å². The molecule has 1 heterocycles.